The van der Waals surface area contributed by atoms with Gasteiger partial charge in [-0.1, -0.05) is 0 Å². The van der Waals surface area contributed by atoms with Crippen molar-refractivity contribution in [3.8, 4) is 0 Å². The van der Waals surface area contributed by atoms with Crippen LogP contribution in [0.3, 0.4) is 0 Å². The maximum Gasteiger partial charge on any atom is 0.132 e. The van der Waals surface area contributed by atoms with E-state index in [1.165, 1.54) is 11.1 Å². The standard InChI is InChI=1S/C8H10O2/c1-6-4-10-8-5-9-3-2-7(6)8/h4H,2-3,5H2,1H3. The molecule has 0 radical (unpaired) electrons. The summed E-state index contributed by atoms with van der Waals surface area (Å²) in [7, 11) is 0. The van der Waals surface area contributed by atoms with E-state index in [0.29, 0.717) is 6.61 Å². The zero-order chi connectivity index (χ0) is 6.97. The molecule has 2 heterocycles. The van der Waals surface area contributed by atoms with Gasteiger partial charge in [-0.25, -0.2) is 0 Å². The summed E-state index contributed by atoms with van der Waals surface area (Å²) < 4.78 is 10.5. The van der Waals surface area contributed by atoms with Crippen LogP contribution in [-0.4, -0.2) is 6.61 Å². The third kappa shape index (κ3) is 0.762. The van der Waals surface area contributed by atoms with Crippen LogP contribution in [0.15, 0.2) is 10.7 Å². The number of aryl methyl sites for hydroxylation is 1. The normalized spacial score (nSPS) is 16.9. The molecule has 0 aliphatic carbocycles. The molecule has 0 fully saturated rings. The van der Waals surface area contributed by atoms with Gasteiger partial charge in [-0.2, -0.15) is 0 Å². The van der Waals surface area contributed by atoms with E-state index < -0.39 is 0 Å². The monoisotopic (exact) mass is 138 g/mol. The van der Waals surface area contributed by atoms with Gasteiger partial charge in [-0.3, -0.25) is 0 Å². The maximum absolute atomic E-state index is 5.26. The van der Waals surface area contributed by atoms with Crippen LogP contribution >= 0.6 is 0 Å². The Kier molecular flexibility index (Phi) is 1.27. The zero-order valence-corrected chi connectivity index (χ0v) is 6.02. The molecule has 0 saturated heterocycles. The van der Waals surface area contributed by atoms with Gasteiger partial charge in [-0.05, 0) is 18.9 Å². The highest BCUT2D eigenvalue weighted by molar-refractivity contribution is 5.27. The topological polar surface area (TPSA) is 22.4 Å². The predicted molar refractivity (Wildman–Crippen MR) is 36.8 cm³/mol. The van der Waals surface area contributed by atoms with Crippen molar-refractivity contribution in [1.29, 1.82) is 0 Å². The summed E-state index contributed by atoms with van der Waals surface area (Å²) in [5.74, 6) is 1.02. The molecule has 0 bridgehead atoms. The Hall–Kier alpha value is -0.760. The van der Waals surface area contributed by atoms with Crippen molar-refractivity contribution in [2.24, 2.45) is 0 Å². The molecule has 1 aliphatic heterocycles. The third-order valence-electron chi connectivity index (χ3n) is 1.92. The van der Waals surface area contributed by atoms with E-state index in [2.05, 4.69) is 6.92 Å². The average molecular weight is 138 g/mol. The lowest BCUT2D eigenvalue weighted by Crippen LogP contribution is -2.07. The second kappa shape index (κ2) is 2.13. The Morgan fingerprint density at radius 1 is 1.50 bits per heavy atom. The number of fused-ring (bicyclic) bond motifs is 1. The van der Waals surface area contributed by atoms with Gasteiger partial charge in [0.25, 0.3) is 0 Å². The second-order valence-electron chi connectivity index (χ2n) is 2.62. The van der Waals surface area contributed by atoms with Crippen molar-refractivity contribution in [3.05, 3.63) is 23.2 Å². The summed E-state index contributed by atoms with van der Waals surface area (Å²) in [5, 5.41) is 0. The molecule has 10 heavy (non-hydrogen) atoms. The van der Waals surface area contributed by atoms with E-state index in [9.17, 15) is 0 Å². The number of furan rings is 1. The Morgan fingerprint density at radius 3 is 3.20 bits per heavy atom. The Balaban J connectivity index is 2.45. The molecule has 2 nitrogen and oxygen atoms in total. The van der Waals surface area contributed by atoms with E-state index in [1.807, 2.05) is 0 Å². The maximum atomic E-state index is 5.26. The van der Waals surface area contributed by atoms with Crippen LogP contribution in [0.5, 0.6) is 0 Å². The first kappa shape index (κ1) is 5.98. The van der Waals surface area contributed by atoms with Crippen molar-refractivity contribution in [2.75, 3.05) is 6.61 Å². The van der Waals surface area contributed by atoms with Gasteiger partial charge in [0, 0.05) is 5.56 Å². The highest BCUT2D eigenvalue weighted by atomic mass is 16.5. The molecule has 0 atom stereocenters. The van der Waals surface area contributed by atoms with Crippen LogP contribution in [0.1, 0.15) is 16.9 Å². The van der Waals surface area contributed by atoms with Crippen LogP contribution in [0.4, 0.5) is 0 Å². The van der Waals surface area contributed by atoms with Gasteiger partial charge < -0.3 is 9.15 Å². The van der Waals surface area contributed by atoms with E-state index in [0.717, 1.165) is 18.8 Å². The molecule has 1 aliphatic rings. The van der Waals surface area contributed by atoms with E-state index >= 15 is 0 Å². The Morgan fingerprint density at radius 2 is 2.40 bits per heavy atom. The SMILES string of the molecule is Cc1coc2c1CCOC2. The summed E-state index contributed by atoms with van der Waals surface area (Å²) in [6, 6.07) is 0. The fourth-order valence-corrected chi connectivity index (χ4v) is 1.32. The van der Waals surface area contributed by atoms with Crippen LogP contribution in [0, 0.1) is 6.92 Å². The van der Waals surface area contributed by atoms with Gasteiger partial charge in [0.1, 0.15) is 12.4 Å². The van der Waals surface area contributed by atoms with E-state index in [4.69, 9.17) is 9.15 Å². The molecule has 1 aromatic heterocycles. The molecule has 0 N–H and O–H groups in total. The molecule has 2 heteroatoms. The van der Waals surface area contributed by atoms with Gasteiger partial charge in [0.2, 0.25) is 0 Å². The molecule has 2 rings (SSSR count). The predicted octanol–water partition coefficient (Wildman–Crippen LogP) is 1.66. The first-order chi connectivity index (χ1) is 4.88. The minimum atomic E-state index is 0.656. The Labute approximate surface area is 59.8 Å². The number of hydrogen-bond donors (Lipinski definition) is 0. The molecule has 0 spiro atoms. The minimum absolute atomic E-state index is 0.656. The fraction of sp³-hybridized carbons (Fsp3) is 0.500. The smallest absolute Gasteiger partial charge is 0.132 e. The van der Waals surface area contributed by atoms with Gasteiger partial charge in [0.05, 0.1) is 12.9 Å². The molecular formula is C8H10O2. The van der Waals surface area contributed by atoms with Crippen molar-refractivity contribution in [3.63, 3.8) is 0 Å². The van der Waals surface area contributed by atoms with E-state index in [-0.39, 0.29) is 0 Å². The minimum Gasteiger partial charge on any atom is -0.466 e. The lowest BCUT2D eigenvalue weighted by atomic mass is 10.1. The number of rotatable bonds is 0. The zero-order valence-electron chi connectivity index (χ0n) is 6.02. The Bertz CT molecular complexity index is 237. The number of hydrogen-bond acceptors (Lipinski definition) is 2. The average Bonchev–Trinajstić information content (AvgIpc) is 2.34. The summed E-state index contributed by atoms with van der Waals surface area (Å²) in [4.78, 5) is 0. The lowest BCUT2D eigenvalue weighted by Gasteiger charge is -2.10. The third-order valence-corrected chi connectivity index (χ3v) is 1.92. The first-order valence-electron chi connectivity index (χ1n) is 3.51. The van der Waals surface area contributed by atoms with Gasteiger partial charge in [-0.15, -0.1) is 0 Å². The van der Waals surface area contributed by atoms with Gasteiger partial charge >= 0.3 is 0 Å². The van der Waals surface area contributed by atoms with Crippen LogP contribution in [-0.2, 0) is 17.8 Å². The first-order valence-corrected chi connectivity index (χ1v) is 3.51. The summed E-state index contributed by atoms with van der Waals surface area (Å²) >= 11 is 0. The molecule has 0 amide bonds. The van der Waals surface area contributed by atoms with Crippen LogP contribution in [0.25, 0.3) is 0 Å². The highest BCUT2D eigenvalue weighted by Crippen LogP contribution is 2.21. The largest absolute Gasteiger partial charge is 0.466 e. The van der Waals surface area contributed by atoms with Crippen LogP contribution < -0.4 is 0 Å². The molecule has 0 unspecified atom stereocenters. The van der Waals surface area contributed by atoms with Crippen molar-refractivity contribution in [1.82, 2.24) is 0 Å². The van der Waals surface area contributed by atoms with Crippen molar-refractivity contribution >= 4 is 0 Å². The molecule has 0 aromatic carbocycles. The molecule has 0 saturated carbocycles. The second-order valence-corrected chi connectivity index (χ2v) is 2.62. The van der Waals surface area contributed by atoms with Gasteiger partial charge in [0.15, 0.2) is 0 Å². The quantitative estimate of drug-likeness (QED) is 0.544. The summed E-state index contributed by atoms with van der Waals surface area (Å²) in [5.41, 5.74) is 2.62. The van der Waals surface area contributed by atoms with Crippen molar-refractivity contribution < 1.29 is 9.15 Å². The molecule has 54 valence electrons. The lowest BCUT2D eigenvalue weighted by molar-refractivity contribution is 0.0939. The van der Waals surface area contributed by atoms with Crippen LogP contribution in [0.2, 0.25) is 0 Å². The summed E-state index contributed by atoms with van der Waals surface area (Å²) in [6.45, 7) is 3.57. The highest BCUT2D eigenvalue weighted by Gasteiger charge is 2.14. The summed E-state index contributed by atoms with van der Waals surface area (Å²) in [6.07, 6.45) is 2.82. The van der Waals surface area contributed by atoms with E-state index in [1.54, 1.807) is 6.26 Å². The fourth-order valence-electron chi connectivity index (χ4n) is 1.32. The van der Waals surface area contributed by atoms with Crippen molar-refractivity contribution in [2.45, 2.75) is 20.0 Å². The number of ether oxygens (including phenoxy) is 1. The molecular weight excluding hydrogens is 128 g/mol. The molecule has 1 aromatic rings.